The van der Waals surface area contributed by atoms with E-state index in [0.29, 0.717) is 49.8 Å². The molecule has 0 aromatic carbocycles. The van der Waals surface area contributed by atoms with Crippen LogP contribution in [-0.2, 0) is 12.8 Å². The van der Waals surface area contributed by atoms with Crippen molar-refractivity contribution < 1.29 is 29.3 Å². The SMILES string of the molecule is CC(C)(CCc1cc(=O)c(O)co1)CCC(O)CCC(O)CCC(C)(C)CCc1cocc(O)c1=O. The van der Waals surface area contributed by atoms with Crippen molar-refractivity contribution in [3.63, 3.8) is 0 Å². The summed E-state index contributed by atoms with van der Waals surface area (Å²) in [5.74, 6) is -0.245. The Labute approximate surface area is 212 Å². The summed E-state index contributed by atoms with van der Waals surface area (Å²) < 4.78 is 10.2. The van der Waals surface area contributed by atoms with E-state index < -0.39 is 28.8 Å². The molecule has 8 nitrogen and oxygen atoms in total. The summed E-state index contributed by atoms with van der Waals surface area (Å²) in [6.07, 6.45) is 8.87. The molecule has 0 saturated carbocycles. The second-order valence-electron chi connectivity index (χ2n) is 11.5. The number of aliphatic hydroxyl groups is 2. The van der Waals surface area contributed by atoms with E-state index in [1.165, 1.54) is 12.3 Å². The molecule has 2 aromatic heterocycles. The van der Waals surface area contributed by atoms with Gasteiger partial charge in [0, 0.05) is 18.1 Å². The van der Waals surface area contributed by atoms with Gasteiger partial charge in [0.15, 0.2) is 11.5 Å². The molecule has 2 aromatic rings. The summed E-state index contributed by atoms with van der Waals surface area (Å²) >= 11 is 0. The maximum absolute atomic E-state index is 11.9. The Morgan fingerprint density at radius 1 is 0.750 bits per heavy atom. The highest BCUT2D eigenvalue weighted by atomic mass is 16.4. The lowest BCUT2D eigenvalue weighted by Gasteiger charge is -2.27. The van der Waals surface area contributed by atoms with Gasteiger partial charge in [-0.05, 0) is 68.6 Å². The predicted octanol–water partition coefficient (Wildman–Crippen LogP) is 4.68. The predicted molar refractivity (Wildman–Crippen MR) is 137 cm³/mol. The summed E-state index contributed by atoms with van der Waals surface area (Å²) in [5, 5.41) is 39.7. The first-order valence-corrected chi connectivity index (χ1v) is 12.7. The molecule has 4 N–H and O–H groups in total. The van der Waals surface area contributed by atoms with Gasteiger partial charge in [-0.3, -0.25) is 9.59 Å². The minimum absolute atomic E-state index is 0.0626. The summed E-state index contributed by atoms with van der Waals surface area (Å²) in [5.41, 5.74) is -0.565. The van der Waals surface area contributed by atoms with Crippen LogP contribution in [0.2, 0.25) is 0 Å². The van der Waals surface area contributed by atoms with E-state index in [9.17, 15) is 30.0 Å². The molecule has 2 atom stereocenters. The molecule has 0 radical (unpaired) electrons. The van der Waals surface area contributed by atoms with Gasteiger partial charge >= 0.3 is 0 Å². The van der Waals surface area contributed by atoms with Gasteiger partial charge in [-0.1, -0.05) is 27.7 Å². The first-order chi connectivity index (χ1) is 16.8. The van der Waals surface area contributed by atoms with Gasteiger partial charge in [0.1, 0.15) is 18.3 Å². The van der Waals surface area contributed by atoms with E-state index >= 15 is 0 Å². The van der Waals surface area contributed by atoms with Gasteiger partial charge in [-0.25, -0.2) is 0 Å². The standard InChI is InChI=1S/C28H42O8/c1-27(2,11-7-19-16-35-17-25(33)26(19)34)12-8-20(29)5-6-21(30)9-13-28(3,4)14-10-22-15-23(31)24(32)18-36-22/h15-18,20-21,29-30,32-33H,5-14H2,1-4H3. The molecule has 202 valence electrons. The fourth-order valence-electron chi connectivity index (χ4n) is 4.17. The third-order valence-corrected chi connectivity index (χ3v) is 7.04. The third kappa shape index (κ3) is 10.2. The van der Waals surface area contributed by atoms with Crippen LogP contribution in [0, 0.1) is 10.8 Å². The van der Waals surface area contributed by atoms with Crippen LogP contribution in [0.15, 0.2) is 43.3 Å². The van der Waals surface area contributed by atoms with Crippen molar-refractivity contribution in [1.29, 1.82) is 0 Å². The molecular weight excluding hydrogens is 464 g/mol. The monoisotopic (exact) mass is 506 g/mol. The lowest BCUT2D eigenvalue weighted by Crippen LogP contribution is -2.21. The van der Waals surface area contributed by atoms with Gasteiger partial charge in [-0.2, -0.15) is 0 Å². The number of aromatic hydroxyl groups is 2. The molecule has 0 spiro atoms. The van der Waals surface area contributed by atoms with Gasteiger partial charge in [0.2, 0.25) is 10.9 Å². The van der Waals surface area contributed by atoms with Crippen molar-refractivity contribution in [2.24, 2.45) is 10.8 Å². The molecule has 2 rings (SSSR count). The molecule has 0 aliphatic heterocycles. The summed E-state index contributed by atoms with van der Waals surface area (Å²) in [4.78, 5) is 23.5. The van der Waals surface area contributed by atoms with E-state index in [-0.39, 0.29) is 16.6 Å². The maximum atomic E-state index is 11.9. The average Bonchev–Trinajstić information content (AvgIpc) is 2.82. The summed E-state index contributed by atoms with van der Waals surface area (Å²) in [6.45, 7) is 8.39. The fourth-order valence-corrected chi connectivity index (χ4v) is 4.17. The fraction of sp³-hybridized carbons (Fsp3) is 0.643. The maximum Gasteiger partial charge on any atom is 0.229 e. The molecule has 2 heterocycles. The molecule has 0 amide bonds. The zero-order chi connectivity index (χ0) is 26.9. The molecule has 36 heavy (non-hydrogen) atoms. The molecule has 0 aliphatic carbocycles. The first-order valence-electron chi connectivity index (χ1n) is 12.7. The number of hydrogen-bond donors (Lipinski definition) is 4. The van der Waals surface area contributed by atoms with E-state index in [4.69, 9.17) is 8.83 Å². The van der Waals surface area contributed by atoms with Crippen molar-refractivity contribution in [3.05, 3.63) is 56.6 Å². The smallest absolute Gasteiger partial charge is 0.229 e. The van der Waals surface area contributed by atoms with Crippen molar-refractivity contribution in [3.8, 4) is 11.5 Å². The Hall–Kier alpha value is -2.58. The Morgan fingerprint density at radius 3 is 1.86 bits per heavy atom. The minimum atomic E-state index is -0.504. The molecule has 0 bridgehead atoms. The number of aryl methyl sites for hydroxylation is 2. The number of aliphatic hydroxyl groups excluding tert-OH is 2. The highest BCUT2D eigenvalue weighted by Crippen LogP contribution is 2.31. The van der Waals surface area contributed by atoms with E-state index in [0.717, 1.165) is 38.2 Å². The van der Waals surface area contributed by atoms with Crippen LogP contribution < -0.4 is 10.9 Å². The van der Waals surface area contributed by atoms with Crippen LogP contribution in [0.4, 0.5) is 0 Å². The molecule has 0 aliphatic rings. The van der Waals surface area contributed by atoms with Crippen molar-refractivity contribution >= 4 is 0 Å². The first kappa shape index (κ1) is 29.6. The van der Waals surface area contributed by atoms with Gasteiger partial charge in [0.05, 0.1) is 18.5 Å². The largest absolute Gasteiger partial charge is 0.502 e. The second-order valence-corrected chi connectivity index (χ2v) is 11.5. The van der Waals surface area contributed by atoms with Crippen LogP contribution in [0.3, 0.4) is 0 Å². The van der Waals surface area contributed by atoms with E-state index in [2.05, 4.69) is 27.7 Å². The second kappa shape index (κ2) is 13.1. The van der Waals surface area contributed by atoms with Gasteiger partial charge < -0.3 is 29.3 Å². The molecular formula is C28H42O8. The average molecular weight is 507 g/mol. The van der Waals surface area contributed by atoms with Gasteiger partial charge in [-0.15, -0.1) is 0 Å². The van der Waals surface area contributed by atoms with Crippen LogP contribution in [0.5, 0.6) is 11.5 Å². The molecule has 0 saturated heterocycles. The Morgan fingerprint density at radius 2 is 1.31 bits per heavy atom. The zero-order valence-electron chi connectivity index (χ0n) is 22.0. The quantitative estimate of drug-likeness (QED) is 0.273. The minimum Gasteiger partial charge on any atom is -0.502 e. The van der Waals surface area contributed by atoms with E-state index in [1.54, 1.807) is 0 Å². The van der Waals surface area contributed by atoms with Crippen molar-refractivity contribution in [2.75, 3.05) is 0 Å². The van der Waals surface area contributed by atoms with Crippen LogP contribution >= 0.6 is 0 Å². The lowest BCUT2D eigenvalue weighted by molar-refractivity contribution is 0.0866. The van der Waals surface area contributed by atoms with Crippen LogP contribution in [-0.4, -0.2) is 32.6 Å². The molecule has 2 unspecified atom stereocenters. The number of hydrogen-bond acceptors (Lipinski definition) is 8. The molecule has 0 fully saturated rings. The number of rotatable bonds is 15. The van der Waals surface area contributed by atoms with Crippen LogP contribution in [0.25, 0.3) is 0 Å². The van der Waals surface area contributed by atoms with Gasteiger partial charge in [0.25, 0.3) is 0 Å². The Balaban J connectivity index is 1.67. The van der Waals surface area contributed by atoms with E-state index in [1.807, 2.05) is 0 Å². The highest BCUT2D eigenvalue weighted by molar-refractivity contribution is 5.20. The highest BCUT2D eigenvalue weighted by Gasteiger charge is 2.23. The normalized spacial score (nSPS) is 14.1. The zero-order valence-corrected chi connectivity index (χ0v) is 22.0. The van der Waals surface area contributed by atoms with Crippen molar-refractivity contribution in [2.45, 2.75) is 104 Å². The Bertz CT molecular complexity index is 1070. The summed E-state index contributed by atoms with van der Waals surface area (Å²) in [7, 11) is 0. The lowest BCUT2D eigenvalue weighted by atomic mass is 9.80. The topological polar surface area (TPSA) is 141 Å². The Kier molecular flexibility index (Phi) is 10.8. The van der Waals surface area contributed by atoms with Crippen molar-refractivity contribution in [1.82, 2.24) is 0 Å². The third-order valence-electron chi connectivity index (χ3n) is 7.04. The van der Waals surface area contributed by atoms with Crippen LogP contribution in [0.1, 0.15) is 90.4 Å². The molecule has 8 heteroatoms. The summed E-state index contributed by atoms with van der Waals surface area (Å²) in [6, 6.07) is 1.31.